The molecule has 0 saturated carbocycles. The molecule has 4 aromatic rings. The zero-order valence-electron chi connectivity index (χ0n) is 22.5. The molecule has 1 N–H and O–H groups in total. The molecule has 0 aliphatic carbocycles. The summed E-state index contributed by atoms with van der Waals surface area (Å²) >= 11 is 0. The van der Waals surface area contributed by atoms with Gasteiger partial charge >= 0.3 is 6.09 Å². The Balaban J connectivity index is 1.19. The number of hydrogen-bond donors (Lipinski definition) is 1. The molecule has 2 bridgehead atoms. The summed E-state index contributed by atoms with van der Waals surface area (Å²) in [7, 11) is 1.62. The number of aromatic nitrogens is 5. The fourth-order valence-electron chi connectivity index (χ4n) is 5.39. The minimum atomic E-state index is -0.574. The number of hydrogen-bond acceptors (Lipinski definition) is 10. The van der Waals surface area contributed by atoms with E-state index in [0.29, 0.717) is 40.3 Å². The van der Waals surface area contributed by atoms with Crippen LogP contribution in [-0.4, -0.2) is 73.9 Å². The number of fused-ring (bicyclic) bond motifs is 3. The van der Waals surface area contributed by atoms with Crippen LogP contribution in [0.15, 0.2) is 49.2 Å². The second kappa shape index (κ2) is 10.4. The van der Waals surface area contributed by atoms with Crippen molar-refractivity contribution < 1.29 is 14.3 Å². The van der Waals surface area contributed by atoms with Gasteiger partial charge in [-0.3, -0.25) is 9.88 Å². The second-order valence-corrected chi connectivity index (χ2v) is 10.3. The number of nitrogens with one attached hydrogen (secondary N) is 1. The van der Waals surface area contributed by atoms with Gasteiger partial charge in [0.25, 0.3) is 0 Å². The third-order valence-electron chi connectivity index (χ3n) is 7.28. The molecule has 7 rings (SSSR count). The molecule has 0 spiro atoms. The summed E-state index contributed by atoms with van der Waals surface area (Å²) in [6, 6.07) is 8.63. The van der Waals surface area contributed by atoms with Gasteiger partial charge in [-0.15, -0.1) is 0 Å². The molecule has 12 heteroatoms. The lowest BCUT2D eigenvalue weighted by molar-refractivity contribution is -0.00879. The van der Waals surface area contributed by atoms with Gasteiger partial charge in [-0.1, -0.05) is 6.07 Å². The number of carbonyl (C=O) groups excluding carboxylic acids is 1. The average molecular weight is 540 g/mol. The van der Waals surface area contributed by atoms with Gasteiger partial charge in [0.15, 0.2) is 5.75 Å². The Bertz CT molecular complexity index is 1570. The van der Waals surface area contributed by atoms with Gasteiger partial charge in [-0.2, -0.15) is 10.4 Å². The molecule has 1 amide bonds. The Hall–Kier alpha value is -4.76. The van der Waals surface area contributed by atoms with E-state index in [1.807, 2.05) is 26.1 Å². The molecule has 2 unspecified atom stereocenters. The molecule has 3 aliphatic heterocycles. The zero-order valence-corrected chi connectivity index (χ0v) is 22.5. The van der Waals surface area contributed by atoms with Gasteiger partial charge in [0.2, 0.25) is 5.88 Å². The molecule has 12 nitrogen and oxygen atoms in total. The van der Waals surface area contributed by atoms with Crippen LogP contribution in [-0.2, 0) is 6.54 Å². The van der Waals surface area contributed by atoms with E-state index in [1.165, 1.54) is 22.7 Å². The van der Waals surface area contributed by atoms with Crippen molar-refractivity contribution in [1.82, 2.24) is 34.8 Å². The van der Waals surface area contributed by atoms with Crippen molar-refractivity contribution in [3.63, 3.8) is 0 Å². The third-order valence-corrected chi connectivity index (χ3v) is 7.28. The van der Waals surface area contributed by atoms with Crippen LogP contribution in [0.25, 0.3) is 16.8 Å². The normalized spacial score (nSPS) is 18.3. The number of methoxy groups -OCH3 is 1. The molecule has 3 fully saturated rings. The minimum absolute atomic E-state index is 0.0728. The fourth-order valence-corrected chi connectivity index (χ4v) is 5.39. The molecule has 3 aliphatic rings. The van der Waals surface area contributed by atoms with Crippen LogP contribution in [0.4, 0.5) is 10.6 Å². The number of rotatable bonds is 7. The SMILES string of the molecule is COc1ccc(CN2C3CC2CN(c2cnc(-c4cc(OC(=O)NC(C)C)cn5ncc(C#N)c45)cn2)C3)cn1. The molecule has 40 heavy (non-hydrogen) atoms. The lowest BCUT2D eigenvalue weighted by Gasteiger charge is -2.56. The van der Waals surface area contributed by atoms with Crippen LogP contribution >= 0.6 is 0 Å². The van der Waals surface area contributed by atoms with Crippen molar-refractivity contribution in [3.8, 4) is 29.0 Å². The van der Waals surface area contributed by atoms with Crippen molar-refractivity contribution in [2.75, 3.05) is 25.1 Å². The Kier molecular flexibility index (Phi) is 6.65. The van der Waals surface area contributed by atoms with Crippen molar-refractivity contribution in [3.05, 3.63) is 60.3 Å². The summed E-state index contributed by atoms with van der Waals surface area (Å²) in [6.07, 6.45) is 8.96. The quantitative estimate of drug-likeness (QED) is 0.373. The van der Waals surface area contributed by atoms with Gasteiger partial charge in [-0.05, 0) is 31.9 Å². The number of carbonyl (C=O) groups is 1. The van der Waals surface area contributed by atoms with Crippen LogP contribution in [0.3, 0.4) is 0 Å². The van der Waals surface area contributed by atoms with Gasteiger partial charge in [0, 0.05) is 55.6 Å². The van der Waals surface area contributed by atoms with Crippen molar-refractivity contribution in [2.24, 2.45) is 0 Å². The highest BCUT2D eigenvalue weighted by atomic mass is 16.6. The van der Waals surface area contributed by atoms with E-state index in [2.05, 4.69) is 37.3 Å². The second-order valence-electron chi connectivity index (χ2n) is 10.3. The Labute approximate surface area is 231 Å². The first-order valence-corrected chi connectivity index (χ1v) is 13.1. The lowest BCUT2D eigenvalue weighted by atomic mass is 9.87. The van der Waals surface area contributed by atoms with Crippen LogP contribution in [0.2, 0.25) is 0 Å². The fraction of sp³-hybridized carbons (Fsp3) is 0.357. The number of piperidine rings is 1. The summed E-state index contributed by atoms with van der Waals surface area (Å²) in [5.74, 6) is 1.70. The smallest absolute Gasteiger partial charge is 0.412 e. The maximum absolute atomic E-state index is 12.2. The number of nitrogens with zero attached hydrogens (tertiary/aromatic N) is 8. The largest absolute Gasteiger partial charge is 0.481 e. The highest BCUT2D eigenvalue weighted by molar-refractivity contribution is 5.84. The lowest BCUT2D eigenvalue weighted by Crippen LogP contribution is -2.68. The molecular formula is C28H29N9O3. The predicted octanol–water partition coefficient (Wildman–Crippen LogP) is 3.03. The number of pyridine rings is 2. The molecule has 204 valence electrons. The van der Waals surface area contributed by atoms with Crippen molar-refractivity contribution in [1.29, 1.82) is 5.26 Å². The number of amides is 1. The van der Waals surface area contributed by atoms with Crippen LogP contribution in [0.5, 0.6) is 11.6 Å². The number of nitriles is 1. The van der Waals surface area contributed by atoms with E-state index >= 15 is 0 Å². The molecular weight excluding hydrogens is 510 g/mol. The van der Waals surface area contributed by atoms with Crippen molar-refractivity contribution >= 4 is 17.4 Å². The topological polar surface area (TPSA) is 134 Å². The van der Waals surface area contributed by atoms with E-state index in [1.54, 1.807) is 31.8 Å². The molecule has 3 saturated heterocycles. The van der Waals surface area contributed by atoms with Gasteiger partial charge in [0.1, 0.15) is 11.9 Å². The molecule has 4 aromatic heterocycles. The highest BCUT2D eigenvalue weighted by Crippen LogP contribution is 2.36. The Morgan fingerprint density at radius 1 is 1.15 bits per heavy atom. The number of piperazine rings is 1. The molecule has 2 atom stereocenters. The van der Waals surface area contributed by atoms with E-state index in [9.17, 15) is 10.1 Å². The average Bonchev–Trinajstić information content (AvgIpc) is 3.38. The number of anilines is 1. The molecule has 0 radical (unpaired) electrons. The minimum Gasteiger partial charge on any atom is -0.481 e. The Morgan fingerprint density at radius 2 is 1.98 bits per heavy atom. The Morgan fingerprint density at radius 3 is 2.62 bits per heavy atom. The highest BCUT2D eigenvalue weighted by Gasteiger charge is 2.44. The van der Waals surface area contributed by atoms with E-state index in [4.69, 9.17) is 19.4 Å². The van der Waals surface area contributed by atoms with Crippen LogP contribution in [0, 0.1) is 11.3 Å². The first-order chi connectivity index (χ1) is 19.4. The van der Waals surface area contributed by atoms with Gasteiger partial charge in [0.05, 0.1) is 48.7 Å². The molecule has 7 heterocycles. The van der Waals surface area contributed by atoms with E-state index in [-0.39, 0.29) is 11.8 Å². The standard InChI is InChI=1S/C28H29N9O3/c1-17(2)34-28(38)40-22-7-23(27-19(8-29)10-33-37(27)16-22)24-11-31-25(12-30-24)35-14-20-6-21(15-35)36(20)13-18-4-5-26(39-3)32-9-18/h4-5,7,9-12,16-17,20-21H,6,13-15H2,1-3H3,(H,34,38). The summed E-state index contributed by atoms with van der Waals surface area (Å²) in [5.41, 5.74) is 3.29. The first kappa shape index (κ1) is 25.5. The van der Waals surface area contributed by atoms with Gasteiger partial charge < -0.3 is 19.7 Å². The van der Waals surface area contributed by atoms with E-state index < -0.39 is 6.09 Å². The summed E-state index contributed by atoms with van der Waals surface area (Å²) in [4.78, 5) is 30.7. The first-order valence-electron chi connectivity index (χ1n) is 13.1. The summed E-state index contributed by atoms with van der Waals surface area (Å²) in [6.45, 7) is 6.30. The third kappa shape index (κ3) is 4.87. The molecule has 0 aromatic carbocycles. The zero-order chi connectivity index (χ0) is 27.8. The predicted molar refractivity (Wildman–Crippen MR) is 146 cm³/mol. The summed E-state index contributed by atoms with van der Waals surface area (Å²) in [5, 5.41) is 16.6. The maximum atomic E-state index is 12.2. The monoisotopic (exact) mass is 539 g/mol. The number of ether oxygens (including phenoxy) is 2. The van der Waals surface area contributed by atoms with E-state index in [0.717, 1.165) is 25.5 Å². The maximum Gasteiger partial charge on any atom is 0.412 e. The van der Waals surface area contributed by atoms with Crippen LogP contribution in [0.1, 0.15) is 31.4 Å². The summed E-state index contributed by atoms with van der Waals surface area (Å²) < 4.78 is 12.2. The van der Waals surface area contributed by atoms with Crippen LogP contribution < -0.4 is 19.7 Å². The van der Waals surface area contributed by atoms with Crippen molar-refractivity contribution in [2.45, 2.75) is 44.9 Å². The van der Waals surface area contributed by atoms with Gasteiger partial charge in [-0.25, -0.2) is 19.3 Å².